The summed E-state index contributed by atoms with van der Waals surface area (Å²) in [6.45, 7) is 3.81. The van der Waals surface area contributed by atoms with Crippen LogP contribution in [0.15, 0.2) is 24.3 Å². The van der Waals surface area contributed by atoms with E-state index in [9.17, 15) is 14.4 Å². The number of nitrogens with zero attached hydrogens (tertiary/aromatic N) is 2. The van der Waals surface area contributed by atoms with Crippen molar-refractivity contribution in [2.45, 2.75) is 38.6 Å². The van der Waals surface area contributed by atoms with Gasteiger partial charge in [-0.2, -0.15) is 0 Å². The lowest BCUT2D eigenvalue weighted by Crippen LogP contribution is -2.56. The van der Waals surface area contributed by atoms with Crippen LogP contribution in [0.1, 0.15) is 43.0 Å². The first kappa shape index (κ1) is 23.1. The Morgan fingerprint density at radius 1 is 1.13 bits per heavy atom. The minimum Gasteiger partial charge on any atom is -0.493 e. The Bertz CT molecular complexity index is 784. The van der Waals surface area contributed by atoms with Gasteiger partial charge in [-0.25, -0.2) is 0 Å². The number of carbonyl (C=O) groups is 3. The molecule has 2 aliphatic rings. The third-order valence-electron chi connectivity index (χ3n) is 6.05. The second kappa shape index (κ2) is 11.1. The Morgan fingerprint density at radius 2 is 1.90 bits per heavy atom. The van der Waals surface area contributed by atoms with Crippen LogP contribution in [0.3, 0.4) is 0 Å². The molecule has 0 spiro atoms. The quantitative estimate of drug-likeness (QED) is 0.767. The van der Waals surface area contributed by atoms with Crippen LogP contribution in [0.4, 0.5) is 0 Å². The molecule has 1 aliphatic carbocycles. The summed E-state index contributed by atoms with van der Waals surface area (Å²) < 4.78 is 10.7. The number of carbonyl (C=O) groups excluding carboxylic acids is 3. The SMILES string of the molecule is CCOc1ccccc1C(=O)N1CCNC(=O)[C@H]2CCCC[C@H]2N(C(=O)COC)CC1. The van der Waals surface area contributed by atoms with Gasteiger partial charge in [-0.05, 0) is 31.9 Å². The molecule has 1 saturated heterocycles. The fraction of sp³-hybridized carbons (Fsp3) is 0.609. The maximum Gasteiger partial charge on any atom is 0.257 e. The van der Waals surface area contributed by atoms with Gasteiger partial charge >= 0.3 is 0 Å². The van der Waals surface area contributed by atoms with Gasteiger partial charge in [-0.15, -0.1) is 0 Å². The minimum absolute atomic E-state index is 0.0358. The lowest BCUT2D eigenvalue weighted by Gasteiger charge is -2.41. The van der Waals surface area contributed by atoms with Crippen molar-refractivity contribution in [1.29, 1.82) is 0 Å². The Kier molecular flexibility index (Phi) is 8.28. The van der Waals surface area contributed by atoms with E-state index in [1.165, 1.54) is 7.11 Å². The first-order valence-electron chi connectivity index (χ1n) is 11.1. The molecule has 1 heterocycles. The van der Waals surface area contributed by atoms with Gasteiger partial charge in [-0.3, -0.25) is 14.4 Å². The molecule has 1 aromatic carbocycles. The van der Waals surface area contributed by atoms with E-state index in [-0.39, 0.29) is 36.3 Å². The van der Waals surface area contributed by atoms with Crippen LogP contribution < -0.4 is 10.1 Å². The molecule has 1 saturated carbocycles. The Balaban J connectivity index is 1.85. The number of hydrogen-bond donors (Lipinski definition) is 1. The van der Waals surface area contributed by atoms with Gasteiger partial charge in [-0.1, -0.05) is 25.0 Å². The molecular weight excluding hydrogens is 398 g/mol. The molecule has 3 amide bonds. The first-order valence-corrected chi connectivity index (χ1v) is 11.1. The zero-order chi connectivity index (χ0) is 22.2. The molecule has 1 aromatic rings. The smallest absolute Gasteiger partial charge is 0.257 e. The van der Waals surface area contributed by atoms with Gasteiger partial charge in [0.25, 0.3) is 5.91 Å². The number of para-hydroxylation sites is 1. The summed E-state index contributed by atoms with van der Waals surface area (Å²) in [5.41, 5.74) is 0.484. The van der Waals surface area contributed by atoms with Gasteiger partial charge in [0, 0.05) is 39.3 Å². The van der Waals surface area contributed by atoms with E-state index in [1.807, 2.05) is 13.0 Å². The minimum atomic E-state index is -0.213. The average molecular weight is 432 g/mol. The van der Waals surface area contributed by atoms with Crippen LogP contribution in [0.5, 0.6) is 5.75 Å². The van der Waals surface area contributed by atoms with Gasteiger partial charge in [0.15, 0.2) is 0 Å². The zero-order valence-corrected chi connectivity index (χ0v) is 18.5. The second-order valence-corrected chi connectivity index (χ2v) is 7.99. The first-order chi connectivity index (χ1) is 15.1. The van der Waals surface area contributed by atoms with Crippen molar-refractivity contribution in [3.8, 4) is 5.75 Å². The van der Waals surface area contributed by atoms with E-state index in [1.54, 1.807) is 28.0 Å². The third-order valence-corrected chi connectivity index (χ3v) is 6.05. The van der Waals surface area contributed by atoms with Gasteiger partial charge in [0.2, 0.25) is 11.8 Å². The maximum absolute atomic E-state index is 13.3. The topological polar surface area (TPSA) is 88.2 Å². The third kappa shape index (κ3) is 5.55. The number of methoxy groups -OCH3 is 1. The van der Waals surface area contributed by atoms with Crippen molar-refractivity contribution in [2.75, 3.05) is 46.5 Å². The van der Waals surface area contributed by atoms with Crippen LogP contribution in [0, 0.1) is 5.92 Å². The summed E-state index contributed by atoms with van der Waals surface area (Å²) in [5, 5.41) is 2.99. The molecule has 3 rings (SSSR count). The van der Waals surface area contributed by atoms with Crippen molar-refractivity contribution in [2.24, 2.45) is 5.92 Å². The van der Waals surface area contributed by atoms with Crippen molar-refractivity contribution in [1.82, 2.24) is 15.1 Å². The summed E-state index contributed by atoms with van der Waals surface area (Å²) in [7, 11) is 1.49. The van der Waals surface area contributed by atoms with E-state index in [2.05, 4.69) is 5.32 Å². The lowest BCUT2D eigenvalue weighted by atomic mass is 9.82. The van der Waals surface area contributed by atoms with Crippen LogP contribution >= 0.6 is 0 Å². The molecule has 2 atom stereocenters. The molecule has 8 heteroatoms. The van der Waals surface area contributed by atoms with E-state index >= 15 is 0 Å². The maximum atomic E-state index is 13.3. The predicted octanol–water partition coefficient (Wildman–Crippen LogP) is 1.69. The monoisotopic (exact) mass is 431 g/mol. The number of benzene rings is 1. The normalized spacial score (nSPS) is 22.3. The summed E-state index contributed by atoms with van der Waals surface area (Å²) in [6.07, 6.45) is 3.53. The average Bonchev–Trinajstić information content (AvgIpc) is 2.78. The number of amides is 3. The highest BCUT2D eigenvalue weighted by molar-refractivity contribution is 5.97. The Morgan fingerprint density at radius 3 is 2.68 bits per heavy atom. The van der Waals surface area contributed by atoms with E-state index in [4.69, 9.17) is 9.47 Å². The van der Waals surface area contributed by atoms with Crippen molar-refractivity contribution in [3.63, 3.8) is 0 Å². The molecule has 1 aliphatic heterocycles. The highest BCUT2D eigenvalue weighted by Crippen LogP contribution is 2.29. The number of ether oxygens (including phenoxy) is 2. The Hall–Kier alpha value is -2.61. The number of nitrogens with one attached hydrogen (secondary N) is 1. The lowest BCUT2D eigenvalue weighted by molar-refractivity contribution is -0.142. The molecular formula is C23H33N3O5. The Labute approximate surface area is 183 Å². The van der Waals surface area contributed by atoms with Gasteiger partial charge in [0.1, 0.15) is 12.4 Å². The van der Waals surface area contributed by atoms with Gasteiger partial charge in [0.05, 0.1) is 18.1 Å². The van der Waals surface area contributed by atoms with Crippen LogP contribution in [0.2, 0.25) is 0 Å². The molecule has 0 unspecified atom stereocenters. The predicted molar refractivity (Wildman–Crippen MR) is 116 cm³/mol. The van der Waals surface area contributed by atoms with Crippen LogP contribution in [-0.4, -0.2) is 80.1 Å². The summed E-state index contributed by atoms with van der Waals surface area (Å²) >= 11 is 0. The van der Waals surface area contributed by atoms with Crippen molar-refractivity contribution in [3.05, 3.63) is 29.8 Å². The zero-order valence-electron chi connectivity index (χ0n) is 18.5. The molecule has 2 fully saturated rings. The number of fused-ring (bicyclic) bond motifs is 1. The van der Waals surface area contributed by atoms with E-state index in [0.29, 0.717) is 44.1 Å². The van der Waals surface area contributed by atoms with E-state index in [0.717, 1.165) is 25.7 Å². The summed E-state index contributed by atoms with van der Waals surface area (Å²) in [4.78, 5) is 42.5. The largest absolute Gasteiger partial charge is 0.493 e. The van der Waals surface area contributed by atoms with Gasteiger partial charge < -0.3 is 24.6 Å². The number of rotatable bonds is 5. The molecule has 8 nitrogen and oxygen atoms in total. The molecule has 1 N–H and O–H groups in total. The van der Waals surface area contributed by atoms with Crippen LogP contribution in [0.25, 0.3) is 0 Å². The molecule has 31 heavy (non-hydrogen) atoms. The molecule has 0 radical (unpaired) electrons. The standard InChI is InChI=1S/C23H33N3O5/c1-3-31-20-11-7-5-9-18(20)23(29)25-13-12-24-22(28)17-8-4-6-10-19(17)26(15-14-25)21(27)16-30-2/h5,7,9,11,17,19H,3-4,6,8,10,12-16H2,1-2H3,(H,24,28)/t17-,19+/m0/s1. The highest BCUT2D eigenvalue weighted by atomic mass is 16.5. The van der Waals surface area contributed by atoms with E-state index < -0.39 is 0 Å². The summed E-state index contributed by atoms with van der Waals surface area (Å²) in [6, 6.07) is 7.00. The van der Waals surface area contributed by atoms with Crippen molar-refractivity contribution >= 4 is 17.7 Å². The second-order valence-electron chi connectivity index (χ2n) is 7.99. The highest BCUT2D eigenvalue weighted by Gasteiger charge is 2.38. The molecule has 0 aromatic heterocycles. The van der Waals surface area contributed by atoms with Crippen LogP contribution in [-0.2, 0) is 14.3 Å². The van der Waals surface area contributed by atoms with Crippen molar-refractivity contribution < 1.29 is 23.9 Å². The molecule has 170 valence electrons. The fourth-order valence-electron chi connectivity index (χ4n) is 4.56. The summed E-state index contributed by atoms with van der Waals surface area (Å²) in [5.74, 6) is -0.0247. The number of hydrogen-bond acceptors (Lipinski definition) is 5. The molecule has 0 bridgehead atoms. The fourth-order valence-corrected chi connectivity index (χ4v) is 4.56.